The zero-order valence-electron chi connectivity index (χ0n) is 22.1. The maximum absolute atomic E-state index is 16.0. The van der Waals surface area contributed by atoms with Gasteiger partial charge in [-0.15, -0.1) is 12.1 Å². The summed E-state index contributed by atoms with van der Waals surface area (Å²) in [5, 5.41) is 0.832. The van der Waals surface area contributed by atoms with Crippen molar-refractivity contribution < 1.29 is 22.1 Å². The first-order chi connectivity index (χ1) is 17.8. The lowest BCUT2D eigenvalue weighted by atomic mass is 9.84. The van der Waals surface area contributed by atoms with Gasteiger partial charge in [-0.25, -0.2) is 4.39 Å². The van der Waals surface area contributed by atoms with Crippen LogP contribution in [0.25, 0.3) is 27.3 Å². The number of alkyl halides is 3. The van der Waals surface area contributed by atoms with Crippen molar-refractivity contribution in [2.45, 2.75) is 47.2 Å². The molecule has 196 valence electrons. The summed E-state index contributed by atoms with van der Waals surface area (Å²) in [7, 11) is 0. The summed E-state index contributed by atoms with van der Waals surface area (Å²) >= 11 is 1.41. The van der Waals surface area contributed by atoms with Crippen molar-refractivity contribution in [3.8, 4) is 11.1 Å². The highest BCUT2D eigenvalue weighted by molar-refractivity contribution is 7.19. The van der Waals surface area contributed by atoms with E-state index in [4.69, 9.17) is 0 Å². The Labute approximate surface area is 224 Å². The molecular formula is C32H29F4NS. The summed E-state index contributed by atoms with van der Waals surface area (Å²) in [5.74, 6) is -0.328. The number of fused-ring (bicyclic) bond motifs is 3. The molecule has 2 heterocycles. The first-order valence-electron chi connectivity index (χ1n) is 12.4. The molecule has 0 fully saturated rings. The highest BCUT2D eigenvalue weighted by atomic mass is 32.1. The summed E-state index contributed by atoms with van der Waals surface area (Å²) in [6.07, 6.45) is -0.558. The SMILES string of the molecule is C=[N+]1C=Cc2c([s+][c-]3c(F)c(-c4ccc(CC(C)(C)C(F)(F)F)cc4)ccc23)[C-]1c1cc(C)cc(C)c1C. The Kier molecular flexibility index (Phi) is 6.30. The molecule has 1 aromatic heterocycles. The summed E-state index contributed by atoms with van der Waals surface area (Å²) in [5.41, 5.74) is 5.32. The van der Waals surface area contributed by atoms with E-state index in [9.17, 15) is 13.2 Å². The third-order valence-corrected chi connectivity index (χ3v) is 8.73. The first kappa shape index (κ1) is 26.2. The Bertz CT molecular complexity index is 1600. The van der Waals surface area contributed by atoms with Gasteiger partial charge in [0.2, 0.25) is 0 Å². The van der Waals surface area contributed by atoms with Gasteiger partial charge >= 0.3 is 6.18 Å². The van der Waals surface area contributed by atoms with Crippen LogP contribution in [-0.4, -0.2) is 17.5 Å². The number of benzene rings is 3. The van der Waals surface area contributed by atoms with Crippen LogP contribution >= 0.6 is 11.3 Å². The fraction of sp³-hybridized carbons (Fsp3) is 0.250. The minimum atomic E-state index is -4.30. The average molecular weight is 536 g/mol. The van der Waals surface area contributed by atoms with Crippen LogP contribution in [0.4, 0.5) is 17.6 Å². The zero-order chi connectivity index (χ0) is 27.6. The summed E-state index contributed by atoms with van der Waals surface area (Å²) in [6.45, 7) is 12.8. The van der Waals surface area contributed by atoms with Gasteiger partial charge in [0.15, 0.2) is 15.6 Å². The number of nitrogens with zero attached hydrogens (tertiary/aromatic N) is 1. The summed E-state index contributed by atoms with van der Waals surface area (Å²) in [4.78, 5) is 0.964. The molecule has 0 spiro atoms. The van der Waals surface area contributed by atoms with Gasteiger partial charge in [-0.05, 0) is 59.5 Å². The smallest absolute Gasteiger partial charge is 0.257 e. The molecule has 0 bridgehead atoms. The van der Waals surface area contributed by atoms with E-state index in [0.29, 0.717) is 21.4 Å². The van der Waals surface area contributed by atoms with Gasteiger partial charge < -0.3 is 0 Å². The molecular weight excluding hydrogens is 506 g/mol. The highest BCUT2D eigenvalue weighted by Crippen LogP contribution is 2.46. The quantitative estimate of drug-likeness (QED) is 0.106. The second-order valence-corrected chi connectivity index (χ2v) is 11.8. The Balaban J connectivity index is 1.56. The molecule has 1 aliphatic heterocycles. The van der Waals surface area contributed by atoms with Crippen LogP contribution < -0.4 is 0 Å². The van der Waals surface area contributed by atoms with Gasteiger partial charge in [-0.2, -0.15) is 13.2 Å². The molecule has 5 rings (SSSR count). The largest absolute Gasteiger partial charge is 0.394 e. The number of thiophene rings is 1. The number of aryl methyl sites for hydroxylation is 2. The van der Waals surface area contributed by atoms with Crippen LogP contribution in [0.15, 0.2) is 54.7 Å². The van der Waals surface area contributed by atoms with Gasteiger partial charge in [-0.1, -0.05) is 73.9 Å². The lowest BCUT2D eigenvalue weighted by molar-refractivity contribution is -0.417. The highest BCUT2D eigenvalue weighted by Gasteiger charge is 2.47. The van der Waals surface area contributed by atoms with Crippen molar-refractivity contribution in [1.29, 1.82) is 0 Å². The fourth-order valence-electron chi connectivity index (χ4n) is 5.06. The monoisotopic (exact) mass is 535 g/mol. The van der Waals surface area contributed by atoms with Crippen molar-refractivity contribution in [1.82, 2.24) is 0 Å². The van der Waals surface area contributed by atoms with Crippen LogP contribution in [0.5, 0.6) is 0 Å². The minimum Gasteiger partial charge on any atom is -0.257 e. The van der Waals surface area contributed by atoms with Crippen molar-refractivity contribution in [3.63, 3.8) is 0 Å². The predicted octanol–water partition coefficient (Wildman–Crippen LogP) is 9.39. The van der Waals surface area contributed by atoms with Crippen molar-refractivity contribution in [3.05, 3.63) is 105 Å². The van der Waals surface area contributed by atoms with E-state index in [0.717, 1.165) is 38.6 Å². The number of hydrogen-bond donors (Lipinski definition) is 0. The van der Waals surface area contributed by atoms with Gasteiger partial charge in [0.05, 0.1) is 12.1 Å². The van der Waals surface area contributed by atoms with Crippen LogP contribution in [0, 0.1) is 38.0 Å². The van der Waals surface area contributed by atoms with E-state index in [1.54, 1.807) is 30.3 Å². The molecule has 4 aromatic rings. The molecule has 0 aliphatic carbocycles. The molecule has 0 atom stereocenters. The topological polar surface area (TPSA) is 3.01 Å². The van der Waals surface area contributed by atoms with E-state index >= 15 is 4.39 Å². The van der Waals surface area contributed by atoms with Gasteiger partial charge in [-0.3, -0.25) is 4.58 Å². The Morgan fingerprint density at radius 1 is 0.974 bits per heavy atom. The van der Waals surface area contributed by atoms with Crippen molar-refractivity contribution >= 4 is 34.2 Å². The van der Waals surface area contributed by atoms with Crippen LogP contribution in [0.3, 0.4) is 0 Å². The molecule has 38 heavy (non-hydrogen) atoms. The van der Waals surface area contributed by atoms with E-state index < -0.39 is 11.6 Å². The van der Waals surface area contributed by atoms with E-state index in [-0.39, 0.29) is 12.2 Å². The van der Waals surface area contributed by atoms with Gasteiger partial charge in [0, 0.05) is 0 Å². The van der Waals surface area contributed by atoms with E-state index in [1.807, 2.05) is 22.9 Å². The molecule has 1 aliphatic rings. The lowest BCUT2D eigenvalue weighted by Gasteiger charge is -2.27. The van der Waals surface area contributed by atoms with Gasteiger partial charge in [0.1, 0.15) is 23.4 Å². The number of rotatable bonds is 4. The standard InChI is InChI=1S/C32H29F4NS/c1-18-15-19(2)20(3)26(16-18)28-30-25(13-14-37(28)6)24-12-11-23(27(33)29(24)38-30)22-9-7-21(8-10-22)17-31(4,5)32(34,35)36/h7-16H,6,17H2,1-5H3. The molecule has 0 unspecified atom stereocenters. The number of halogens is 4. The second-order valence-electron chi connectivity index (χ2n) is 10.8. The Morgan fingerprint density at radius 3 is 2.32 bits per heavy atom. The molecule has 0 radical (unpaired) electrons. The normalized spacial score (nSPS) is 13.9. The Hall–Kier alpha value is -3.38. The maximum atomic E-state index is 16.0. The third-order valence-electron chi connectivity index (χ3n) is 7.50. The Morgan fingerprint density at radius 2 is 1.66 bits per heavy atom. The molecule has 0 amide bonds. The summed E-state index contributed by atoms with van der Waals surface area (Å²) in [6, 6.07) is 15.6. The van der Waals surface area contributed by atoms with Crippen LogP contribution in [0.2, 0.25) is 0 Å². The fourth-order valence-corrected chi connectivity index (χ4v) is 6.36. The zero-order valence-corrected chi connectivity index (χ0v) is 22.9. The molecule has 0 N–H and O–H groups in total. The second kappa shape index (κ2) is 9.12. The lowest BCUT2D eigenvalue weighted by Crippen LogP contribution is -2.34. The summed E-state index contributed by atoms with van der Waals surface area (Å²) < 4.78 is 58.4. The first-order valence-corrected chi connectivity index (χ1v) is 13.2. The van der Waals surface area contributed by atoms with Crippen LogP contribution in [0.1, 0.15) is 52.1 Å². The molecule has 0 saturated carbocycles. The minimum absolute atomic E-state index is 0.139. The van der Waals surface area contributed by atoms with Gasteiger partial charge in [0.25, 0.3) is 0 Å². The number of hydrogen-bond acceptors (Lipinski definition) is 0. The van der Waals surface area contributed by atoms with Crippen molar-refractivity contribution in [2.75, 3.05) is 0 Å². The third kappa shape index (κ3) is 4.35. The maximum Gasteiger partial charge on any atom is 0.394 e. The van der Waals surface area contributed by atoms with Crippen molar-refractivity contribution in [2.24, 2.45) is 5.41 Å². The molecule has 0 saturated heterocycles. The predicted molar refractivity (Wildman–Crippen MR) is 149 cm³/mol. The molecule has 1 nitrogen and oxygen atoms in total. The average Bonchev–Trinajstić information content (AvgIpc) is 3.21. The molecule has 6 heteroatoms. The van der Waals surface area contributed by atoms with Crippen LogP contribution in [-0.2, 0) is 6.42 Å². The van der Waals surface area contributed by atoms with E-state index in [1.165, 1.54) is 30.7 Å². The van der Waals surface area contributed by atoms with E-state index in [2.05, 4.69) is 39.6 Å². The molecule has 3 aromatic carbocycles.